The highest BCUT2D eigenvalue weighted by molar-refractivity contribution is 6.33. The first kappa shape index (κ1) is 16.7. The summed E-state index contributed by atoms with van der Waals surface area (Å²) in [5.74, 6) is 0.0783. The summed E-state index contributed by atoms with van der Waals surface area (Å²) >= 11 is 6.11. The Hall–Kier alpha value is -2.79. The minimum Gasteiger partial charge on any atom is -0.451 e. The summed E-state index contributed by atoms with van der Waals surface area (Å²) in [6, 6.07) is 16.3. The Labute approximate surface area is 155 Å². The molecule has 1 aliphatic rings. The number of furan rings is 1. The number of carbonyl (C=O) groups is 2. The van der Waals surface area contributed by atoms with E-state index in [1.54, 1.807) is 40.1 Å². The van der Waals surface area contributed by atoms with E-state index in [0.717, 1.165) is 5.39 Å². The molecule has 132 valence electrons. The molecule has 0 atom stereocenters. The predicted octanol–water partition coefficient (Wildman–Crippen LogP) is 3.68. The molecule has 0 radical (unpaired) electrons. The largest absolute Gasteiger partial charge is 0.451 e. The number of halogens is 1. The van der Waals surface area contributed by atoms with Gasteiger partial charge in [-0.3, -0.25) is 9.59 Å². The maximum absolute atomic E-state index is 12.7. The minimum atomic E-state index is -0.147. The molecule has 0 unspecified atom stereocenters. The number of fused-ring (bicyclic) bond motifs is 1. The second-order valence-corrected chi connectivity index (χ2v) is 6.62. The van der Waals surface area contributed by atoms with Crippen LogP contribution in [0.1, 0.15) is 20.9 Å². The number of rotatable bonds is 2. The first-order valence-electron chi connectivity index (χ1n) is 8.45. The van der Waals surface area contributed by atoms with E-state index in [0.29, 0.717) is 48.1 Å². The van der Waals surface area contributed by atoms with E-state index in [-0.39, 0.29) is 11.8 Å². The fraction of sp³-hybridized carbons (Fsp3) is 0.200. The maximum Gasteiger partial charge on any atom is 0.289 e. The normalized spacial score (nSPS) is 14.7. The van der Waals surface area contributed by atoms with Gasteiger partial charge >= 0.3 is 0 Å². The third-order valence-corrected chi connectivity index (χ3v) is 4.92. The topological polar surface area (TPSA) is 53.8 Å². The van der Waals surface area contributed by atoms with Crippen molar-refractivity contribution in [1.29, 1.82) is 0 Å². The van der Waals surface area contributed by atoms with Gasteiger partial charge in [0.15, 0.2) is 5.76 Å². The van der Waals surface area contributed by atoms with E-state index in [1.807, 2.05) is 24.3 Å². The molecule has 6 heteroatoms. The monoisotopic (exact) mass is 368 g/mol. The first-order valence-corrected chi connectivity index (χ1v) is 8.83. The van der Waals surface area contributed by atoms with Crippen molar-refractivity contribution in [2.75, 3.05) is 26.2 Å². The van der Waals surface area contributed by atoms with E-state index in [4.69, 9.17) is 16.0 Å². The second kappa shape index (κ2) is 6.84. The van der Waals surface area contributed by atoms with Gasteiger partial charge in [0, 0.05) is 31.6 Å². The molecule has 2 amide bonds. The molecule has 1 aliphatic heterocycles. The van der Waals surface area contributed by atoms with Crippen LogP contribution in [0.5, 0.6) is 0 Å². The Balaban J connectivity index is 1.44. The lowest BCUT2D eigenvalue weighted by molar-refractivity contribution is 0.0519. The molecule has 0 N–H and O–H groups in total. The smallest absolute Gasteiger partial charge is 0.289 e. The lowest BCUT2D eigenvalue weighted by atomic mass is 10.1. The Bertz CT molecular complexity index is 941. The number of amides is 2. The van der Waals surface area contributed by atoms with E-state index >= 15 is 0 Å². The van der Waals surface area contributed by atoms with Crippen molar-refractivity contribution in [1.82, 2.24) is 9.80 Å². The standard InChI is InChI=1S/C20H17ClN2O3/c21-16-7-3-2-6-15(16)19(24)22-9-11-23(12-10-22)20(25)18-13-14-5-1-4-8-17(14)26-18/h1-8,13H,9-12H2. The van der Waals surface area contributed by atoms with Crippen LogP contribution in [0.4, 0.5) is 0 Å². The third kappa shape index (κ3) is 3.06. The fourth-order valence-electron chi connectivity index (χ4n) is 3.16. The van der Waals surface area contributed by atoms with Crippen LogP contribution >= 0.6 is 11.6 Å². The third-order valence-electron chi connectivity index (χ3n) is 4.59. The van der Waals surface area contributed by atoms with Crippen molar-refractivity contribution in [3.8, 4) is 0 Å². The number of hydrogen-bond acceptors (Lipinski definition) is 3. The molecule has 3 aromatic rings. The van der Waals surface area contributed by atoms with Gasteiger partial charge in [0.1, 0.15) is 5.58 Å². The van der Waals surface area contributed by atoms with Crippen LogP contribution in [0.2, 0.25) is 5.02 Å². The maximum atomic E-state index is 12.7. The highest BCUT2D eigenvalue weighted by Crippen LogP contribution is 2.22. The quantitative estimate of drug-likeness (QED) is 0.693. The lowest BCUT2D eigenvalue weighted by Gasteiger charge is -2.34. The number of piperazine rings is 1. The first-order chi connectivity index (χ1) is 12.6. The molecule has 0 spiro atoms. The van der Waals surface area contributed by atoms with Gasteiger partial charge in [-0.15, -0.1) is 0 Å². The van der Waals surface area contributed by atoms with Gasteiger partial charge in [0.05, 0.1) is 10.6 Å². The number of nitrogens with zero attached hydrogens (tertiary/aromatic N) is 2. The summed E-state index contributed by atoms with van der Waals surface area (Å²) in [7, 11) is 0. The molecular weight excluding hydrogens is 352 g/mol. The van der Waals surface area contributed by atoms with E-state index in [2.05, 4.69) is 0 Å². The number of benzene rings is 2. The van der Waals surface area contributed by atoms with E-state index < -0.39 is 0 Å². The highest BCUT2D eigenvalue weighted by Gasteiger charge is 2.27. The molecular formula is C20H17ClN2O3. The van der Waals surface area contributed by atoms with Crippen LogP contribution in [0.15, 0.2) is 59.0 Å². The summed E-state index contributed by atoms with van der Waals surface area (Å²) in [6.07, 6.45) is 0. The van der Waals surface area contributed by atoms with Gasteiger partial charge in [0.25, 0.3) is 11.8 Å². The summed E-state index contributed by atoms with van der Waals surface area (Å²) in [5.41, 5.74) is 1.19. The number of para-hydroxylation sites is 1. The highest BCUT2D eigenvalue weighted by atomic mass is 35.5. The van der Waals surface area contributed by atoms with Crippen molar-refractivity contribution < 1.29 is 14.0 Å². The summed E-state index contributed by atoms with van der Waals surface area (Å²) in [6.45, 7) is 1.87. The van der Waals surface area contributed by atoms with Crippen LogP contribution in [-0.4, -0.2) is 47.8 Å². The SMILES string of the molecule is O=C(c1cc2ccccc2o1)N1CCN(C(=O)c2ccccc2Cl)CC1. The molecule has 2 aromatic carbocycles. The molecule has 0 bridgehead atoms. The molecule has 0 saturated carbocycles. The van der Waals surface area contributed by atoms with Gasteiger partial charge in [-0.2, -0.15) is 0 Å². The van der Waals surface area contributed by atoms with E-state index in [9.17, 15) is 9.59 Å². The Morgan fingerprint density at radius 1 is 0.846 bits per heavy atom. The van der Waals surface area contributed by atoms with Crippen molar-refractivity contribution >= 4 is 34.4 Å². The average molecular weight is 369 g/mol. The van der Waals surface area contributed by atoms with Gasteiger partial charge < -0.3 is 14.2 Å². The van der Waals surface area contributed by atoms with Crippen molar-refractivity contribution in [2.24, 2.45) is 0 Å². The zero-order chi connectivity index (χ0) is 18.1. The fourth-order valence-corrected chi connectivity index (χ4v) is 3.38. The molecule has 1 saturated heterocycles. The number of carbonyl (C=O) groups excluding carboxylic acids is 2. The Morgan fingerprint density at radius 3 is 2.15 bits per heavy atom. The van der Waals surface area contributed by atoms with Gasteiger partial charge in [0.2, 0.25) is 0 Å². The average Bonchev–Trinajstić information content (AvgIpc) is 3.11. The van der Waals surface area contributed by atoms with Crippen LogP contribution in [0.3, 0.4) is 0 Å². The van der Waals surface area contributed by atoms with Crippen molar-refractivity contribution in [2.45, 2.75) is 0 Å². The Kier molecular flexibility index (Phi) is 4.39. The second-order valence-electron chi connectivity index (χ2n) is 6.21. The van der Waals surface area contributed by atoms with Crippen LogP contribution in [0.25, 0.3) is 11.0 Å². The number of hydrogen-bond donors (Lipinski definition) is 0. The van der Waals surface area contributed by atoms with Crippen LogP contribution in [0, 0.1) is 0 Å². The molecule has 2 heterocycles. The summed E-state index contributed by atoms with van der Waals surface area (Å²) < 4.78 is 5.65. The van der Waals surface area contributed by atoms with Gasteiger partial charge in [-0.05, 0) is 24.3 Å². The molecule has 1 aromatic heterocycles. The molecule has 26 heavy (non-hydrogen) atoms. The van der Waals surface area contributed by atoms with Gasteiger partial charge in [-0.1, -0.05) is 41.9 Å². The van der Waals surface area contributed by atoms with Gasteiger partial charge in [-0.25, -0.2) is 0 Å². The predicted molar refractivity (Wildman–Crippen MR) is 99.5 cm³/mol. The van der Waals surface area contributed by atoms with Crippen molar-refractivity contribution in [3.05, 3.63) is 70.9 Å². The Morgan fingerprint density at radius 2 is 1.46 bits per heavy atom. The summed E-state index contributed by atoms with van der Waals surface area (Å²) in [4.78, 5) is 28.7. The van der Waals surface area contributed by atoms with Crippen LogP contribution < -0.4 is 0 Å². The molecule has 0 aliphatic carbocycles. The molecule has 5 nitrogen and oxygen atoms in total. The lowest BCUT2D eigenvalue weighted by Crippen LogP contribution is -2.50. The molecule has 1 fully saturated rings. The van der Waals surface area contributed by atoms with Crippen LogP contribution in [-0.2, 0) is 0 Å². The van der Waals surface area contributed by atoms with E-state index in [1.165, 1.54) is 0 Å². The zero-order valence-electron chi connectivity index (χ0n) is 14.0. The minimum absolute atomic E-state index is 0.105. The molecule has 4 rings (SSSR count). The zero-order valence-corrected chi connectivity index (χ0v) is 14.8. The van der Waals surface area contributed by atoms with Crippen molar-refractivity contribution in [3.63, 3.8) is 0 Å². The summed E-state index contributed by atoms with van der Waals surface area (Å²) in [5, 5.41) is 1.35.